The van der Waals surface area contributed by atoms with Crippen molar-refractivity contribution in [2.75, 3.05) is 26.4 Å². The maximum absolute atomic E-state index is 5.51. The van der Waals surface area contributed by atoms with Crippen LogP contribution in [0.15, 0.2) is 30.3 Å². The molecule has 1 rings (SSSR count). The first-order chi connectivity index (χ1) is 8.29. The van der Waals surface area contributed by atoms with E-state index in [0.717, 1.165) is 26.1 Å². The molecule has 0 amide bonds. The van der Waals surface area contributed by atoms with Gasteiger partial charge in [-0.05, 0) is 24.3 Å². The van der Waals surface area contributed by atoms with E-state index in [1.54, 1.807) is 0 Å². The Morgan fingerprint density at radius 1 is 0.941 bits per heavy atom. The standard InChI is InChI=1S/C15H24O2/c1-14(2)13-17-12-11-16-10-6-9-15-7-4-3-5-8-15/h3-5,7-8,14H,6,9-13H2,1-2H3. The van der Waals surface area contributed by atoms with E-state index in [1.807, 2.05) is 6.07 Å². The highest BCUT2D eigenvalue weighted by molar-refractivity contribution is 5.14. The zero-order valence-corrected chi connectivity index (χ0v) is 11.0. The summed E-state index contributed by atoms with van der Waals surface area (Å²) in [4.78, 5) is 0. The highest BCUT2D eigenvalue weighted by atomic mass is 16.5. The van der Waals surface area contributed by atoms with Gasteiger partial charge in [0.05, 0.1) is 13.2 Å². The maximum Gasteiger partial charge on any atom is 0.0700 e. The fourth-order valence-corrected chi connectivity index (χ4v) is 1.56. The van der Waals surface area contributed by atoms with Crippen LogP contribution in [0, 0.1) is 5.92 Å². The molecule has 0 atom stereocenters. The molecule has 0 aliphatic carbocycles. The first kappa shape index (κ1) is 14.2. The summed E-state index contributed by atoms with van der Waals surface area (Å²) in [5.74, 6) is 0.605. The van der Waals surface area contributed by atoms with E-state index in [9.17, 15) is 0 Å². The summed E-state index contributed by atoms with van der Waals surface area (Å²) in [5, 5.41) is 0. The van der Waals surface area contributed by atoms with Crippen molar-refractivity contribution in [3.05, 3.63) is 35.9 Å². The van der Waals surface area contributed by atoms with Crippen LogP contribution in [0.2, 0.25) is 0 Å². The van der Waals surface area contributed by atoms with Gasteiger partial charge in [-0.2, -0.15) is 0 Å². The highest BCUT2D eigenvalue weighted by Crippen LogP contribution is 2.02. The largest absolute Gasteiger partial charge is 0.379 e. The van der Waals surface area contributed by atoms with Crippen molar-refractivity contribution in [3.8, 4) is 0 Å². The predicted octanol–water partition coefficient (Wildman–Crippen LogP) is 3.31. The second-order valence-electron chi connectivity index (χ2n) is 4.67. The second-order valence-corrected chi connectivity index (χ2v) is 4.67. The minimum absolute atomic E-state index is 0.605. The minimum Gasteiger partial charge on any atom is -0.379 e. The summed E-state index contributed by atoms with van der Waals surface area (Å²) in [7, 11) is 0. The Labute approximate surface area is 105 Å². The van der Waals surface area contributed by atoms with E-state index in [1.165, 1.54) is 5.56 Å². The van der Waals surface area contributed by atoms with Gasteiger partial charge in [-0.25, -0.2) is 0 Å². The van der Waals surface area contributed by atoms with E-state index in [0.29, 0.717) is 19.1 Å². The fourth-order valence-electron chi connectivity index (χ4n) is 1.56. The molecule has 0 bridgehead atoms. The fraction of sp³-hybridized carbons (Fsp3) is 0.600. The number of hydrogen-bond acceptors (Lipinski definition) is 2. The summed E-state index contributed by atoms with van der Waals surface area (Å²) in [6, 6.07) is 10.5. The van der Waals surface area contributed by atoms with Crippen molar-refractivity contribution < 1.29 is 9.47 Å². The third-order valence-electron chi connectivity index (χ3n) is 2.42. The Morgan fingerprint density at radius 2 is 1.65 bits per heavy atom. The molecule has 0 heterocycles. The summed E-state index contributed by atoms with van der Waals surface area (Å²) in [6.45, 7) is 7.37. The van der Waals surface area contributed by atoms with Crippen molar-refractivity contribution in [2.45, 2.75) is 26.7 Å². The van der Waals surface area contributed by atoms with Crippen molar-refractivity contribution in [3.63, 3.8) is 0 Å². The Morgan fingerprint density at radius 3 is 2.35 bits per heavy atom. The van der Waals surface area contributed by atoms with Crippen molar-refractivity contribution in [1.82, 2.24) is 0 Å². The summed E-state index contributed by atoms with van der Waals surface area (Å²) < 4.78 is 10.9. The summed E-state index contributed by atoms with van der Waals surface area (Å²) in [6.07, 6.45) is 2.17. The molecule has 0 aliphatic heterocycles. The van der Waals surface area contributed by atoms with Gasteiger partial charge < -0.3 is 9.47 Å². The molecule has 0 aliphatic rings. The van der Waals surface area contributed by atoms with Crippen LogP contribution in [0.25, 0.3) is 0 Å². The predicted molar refractivity (Wildman–Crippen MR) is 71.2 cm³/mol. The van der Waals surface area contributed by atoms with Crippen LogP contribution in [0.1, 0.15) is 25.8 Å². The molecule has 0 radical (unpaired) electrons. The van der Waals surface area contributed by atoms with Gasteiger partial charge in [-0.15, -0.1) is 0 Å². The molecule has 1 aromatic carbocycles. The van der Waals surface area contributed by atoms with Crippen molar-refractivity contribution >= 4 is 0 Å². The van der Waals surface area contributed by atoms with Crippen LogP contribution in [0.3, 0.4) is 0 Å². The molecule has 1 aromatic rings. The second kappa shape index (κ2) is 9.20. The van der Waals surface area contributed by atoms with E-state index in [4.69, 9.17) is 9.47 Å². The molecule has 0 fully saturated rings. The highest BCUT2D eigenvalue weighted by Gasteiger charge is 1.95. The van der Waals surface area contributed by atoms with Gasteiger partial charge in [0.1, 0.15) is 0 Å². The van der Waals surface area contributed by atoms with Crippen LogP contribution in [0.5, 0.6) is 0 Å². The number of ether oxygens (including phenoxy) is 2. The van der Waals surface area contributed by atoms with Gasteiger partial charge in [0.15, 0.2) is 0 Å². The third kappa shape index (κ3) is 7.94. The van der Waals surface area contributed by atoms with E-state index in [2.05, 4.69) is 38.1 Å². The van der Waals surface area contributed by atoms with Gasteiger partial charge >= 0.3 is 0 Å². The lowest BCUT2D eigenvalue weighted by Gasteiger charge is -2.07. The SMILES string of the molecule is CC(C)COCCOCCCc1ccccc1. The average molecular weight is 236 g/mol. The molecule has 96 valence electrons. The van der Waals surface area contributed by atoms with Crippen LogP contribution < -0.4 is 0 Å². The number of aryl methyl sites for hydroxylation is 1. The first-order valence-electron chi connectivity index (χ1n) is 6.48. The number of hydrogen-bond donors (Lipinski definition) is 0. The quantitative estimate of drug-likeness (QED) is 0.612. The zero-order chi connectivity index (χ0) is 12.3. The Bertz CT molecular complexity index is 270. The average Bonchev–Trinajstić information content (AvgIpc) is 2.33. The molecule has 0 unspecified atom stereocenters. The van der Waals surface area contributed by atoms with Crippen LogP contribution >= 0.6 is 0 Å². The lowest BCUT2D eigenvalue weighted by atomic mass is 10.1. The molecule has 0 saturated heterocycles. The summed E-state index contributed by atoms with van der Waals surface area (Å²) in [5.41, 5.74) is 1.38. The van der Waals surface area contributed by atoms with Gasteiger partial charge in [0.25, 0.3) is 0 Å². The molecule has 17 heavy (non-hydrogen) atoms. The molecular weight excluding hydrogens is 212 g/mol. The molecule has 0 spiro atoms. The monoisotopic (exact) mass is 236 g/mol. The third-order valence-corrected chi connectivity index (χ3v) is 2.42. The Balaban J connectivity index is 1.88. The molecule has 2 nitrogen and oxygen atoms in total. The smallest absolute Gasteiger partial charge is 0.0700 e. The van der Waals surface area contributed by atoms with Gasteiger partial charge in [-0.3, -0.25) is 0 Å². The lowest BCUT2D eigenvalue weighted by molar-refractivity contribution is 0.0371. The molecule has 2 heteroatoms. The van der Waals surface area contributed by atoms with Gasteiger partial charge in [-0.1, -0.05) is 44.2 Å². The molecule has 0 aromatic heterocycles. The van der Waals surface area contributed by atoms with E-state index < -0.39 is 0 Å². The summed E-state index contributed by atoms with van der Waals surface area (Å²) >= 11 is 0. The first-order valence-corrected chi connectivity index (χ1v) is 6.48. The molecule has 0 N–H and O–H groups in total. The van der Waals surface area contributed by atoms with Crippen LogP contribution in [-0.4, -0.2) is 26.4 Å². The normalized spacial score (nSPS) is 11.0. The van der Waals surface area contributed by atoms with Crippen molar-refractivity contribution in [1.29, 1.82) is 0 Å². The lowest BCUT2D eigenvalue weighted by Crippen LogP contribution is -2.09. The Hall–Kier alpha value is -0.860. The zero-order valence-electron chi connectivity index (χ0n) is 11.0. The maximum atomic E-state index is 5.51. The van der Waals surface area contributed by atoms with Crippen LogP contribution in [0.4, 0.5) is 0 Å². The molecule has 0 saturated carbocycles. The van der Waals surface area contributed by atoms with Crippen molar-refractivity contribution in [2.24, 2.45) is 5.92 Å². The molecular formula is C15H24O2. The van der Waals surface area contributed by atoms with Gasteiger partial charge in [0.2, 0.25) is 0 Å². The number of rotatable bonds is 9. The van der Waals surface area contributed by atoms with Crippen LogP contribution in [-0.2, 0) is 15.9 Å². The Kier molecular flexibility index (Phi) is 7.69. The van der Waals surface area contributed by atoms with Gasteiger partial charge in [0, 0.05) is 13.2 Å². The number of benzene rings is 1. The van der Waals surface area contributed by atoms with E-state index >= 15 is 0 Å². The van der Waals surface area contributed by atoms with E-state index in [-0.39, 0.29) is 0 Å². The minimum atomic E-state index is 0.605. The topological polar surface area (TPSA) is 18.5 Å².